The molecule has 0 unspecified atom stereocenters. The molecule has 25 heavy (non-hydrogen) atoms. The third-order valence-electron chi connectivity index (χ3n) is 3.09. The molecule has 0 bridgehead atoms. The van der Waals surface area contributed by atoms with Gasteiger partial charge in [-0.2, -0.15) is 0 Å². The van der Waals surface area contributed by atoms with E-state index in [2.05, 4.69) is 4.98 Å². The Morgan fingerprint density at radius 2 is 1.80 bits per heavy atom. The highest BCUT2D eigenvalue weighted by Crippen LogP contribution is 2.28. The predicted molar refractivity (Wildman–Crippen MR) is 97.6 cm³/mol. The van der Waals surface area contributed by atoms with Crippen molar-refractivity contribution in [2.24, 2.45) is 0 Å². The van der Waals surface area contributed by atoms with Gasteiger partial charge in [0.15, 0.2) is 0 Å². The first-order valence-electron chi connectivity index (χ1n) is 7.91. The molecule has 1 amide bonds. The second kappa shape index (κ2) is 8.16. The lowest BCUT2D eigenvalue weighted by Gasteiger charge is -2.23. The Morgan fingerprint density at radius 3 is 2.44 bits per heavy atom. The molecular weight excluding hydrogens is 336 g/mol. The van der Waals surface area contributed by atoms with E-state index in [4.69, 9.17) is 4.74 Å². The number of hydrogen-bond acceptors (Lipinski definition) is 5. The fraction of sp³-hybridized carbons (Fsp3) is 0.316. The Balaban J connectivity index is 2.12. The van der Waals surface area contributed by atoms with Crippen LogP contribution >= 0.6 is 11.8 Å². The summed E-state index contributed by atoms with van der Waals surface area (Å²) in [5, 5.41) is 0.606. The van der Waals surface area contributed by atoms with Crippen molar-refractivity contribution in [3.8, 4) is 0 Å². The van der Waals surface area contributed by atoms with Gasteiger partial charge in [0.25, 0.3) is 5.91 Å². The molecule has 0 radical (unpaired) electrons. The number of nitrogens with zero attached hydrogens (tertiary/aromatic N) is 2. The van der Waals surface area contributed by atoms with Crippen molar-refractivity contribution in [2.45, 2.75) is 36.3 Å². The SMILES string of the molecule is CN(CC(=O)OC(C)(C)C)C(=O)c1cccnc1Sc1ccccc1. The van der Waals surface area contributed by atoms with Crippen molar-refractivity contribution in [1.82, 2.24) is 9.88 Å². The van der Waals surface area contributed by atoms with Gasteiger partial charge in [0, 0.05) is 18.1 Å². The Bertz CT molecular complexity index is 742. The van der Waals surface area contributed by atoms with Crippen molar-refractivity contribution in [3.05, 3.63) is 54.2 Å². The minimum Gasteiger partial charge on any atom is -0.459 e. The van der Waals surface area contributed by atoms with Crippen molar-refractivity contribution in [3.63, 3.8) is 0 Å². The summed E-state index contributed by atoms with van der Waals surface area (Å²) in [5.74, 6) is -0.707. The second-order valence-corrected chi connectivity index (χ2v) is 7.58. The number of hydrogen-bond donors (Lipinski definition) is 0. The first kappa shape index (κ1) is 19.0. The molecule has 6 heteroatoms. The molecule has 1 aromatic carbocycles. The van der Waals surface area contributed by atoms with E-state index in [1.165, 1.54) is 16.7 Å². The standard InChI is InChI=1S/C19H22N2O3S/c1-19(2,3)24-16(22)13-21(4)18(23)15-11-8-12-20-17(15)25-14-9-6-5-7-10-14/h5-12H,13H2,1-4H3. The molecule has 2 rings (SSSR count). The van der Waals surface area contributed by atoms with Gasteiger partial charge in [0.1, 0.15) is 17.2 Å². The molecule has 2 aromatic rings. The molecule has 0 atom stereocenters. The largest absolute Gasteiger partial charge is 0.459 e. The highest BCUT2D eigenvalue weighted by Gasteiger charge is 2.22. The topological polar surface area (TPSA) is 59.5 Å². The number of carbonyl (C=O) groups is 2. The molecular formula is C19H22N2O3S. The van der Waals surface area contributed by atoms with Crippen molar-refractivity contribution in [2.75, 3.05) is 13.6 Å². The van der Waals surface area contributed by atoms with Crippen LogP contribution in [-0.4, -0.2) is 41.0 Å². The minimum atomic E-state index is -0.580. The van der Waals surface area contributed by atoms with Crippen LogP contribution < -0.4 is 0 Å². The third kappa shape index (κ3) is 5.90. The van der Waals surface area contributed by atoms with Crippen LogP contribution in [0.3, 0.4) is 0 Å². The van der Waals surface area contributed by atoms with Crippen LogP contribution in [-0.2, 0) is 9.53 Å². The fourth-order valence-electron chi connectivity index (χ4n) is 2.08. The maximum absolute atomic E-state index is 12.7. The summed E-state index contributed by atoms with van der Waals surface area (Å²) < 4.78 is 5.27. The molecule has 0 aliphatic rings. The fourth-order valence-corrected chi connectivity index (χ4v) is 2.98. The number of esters is 1. The Morgan fingerprint density at radius 1 is 1.12 bits per heavy atom. The van der Waals surface area contributed by atoms with Crippen LogP contribution in [0.4, 0.5) is 0 Å². The van der Waals surface area contributed by atoms with Gasteiger partial charge in [0.05, 0.1) is 5.56 Å². The molecule has 0 N–H and O–H groups in total. The van der Waals surface area contributed by atoms with E-state index in [0.29, 0.717) is 10.6 Å². The third-order valence-corrected chi connectivity index (χ3v) is 4.12. The highest BCUT2D eigenvalue weighted by molar-refractivity contribution is 7.99. The molecule has 0 aliphatic carbocycles. The summed E-state index contributed by atoms with van der Waals surface area (Å²) in [6, 6.07) is 13.1. The highest BCUT2D eigenvalue weighted by atomic mass is 32.2. The number of benzene rings is 1. The number of pyridine rings is 1. The summed E-state index contributed by atoms with van der Waals surface area (Å²) in [6.45, 7) is 5.27. The van der Waals surface area contributed by atoms with Gasteiger partial charge in [-0.15, -0.1) is 0 Å². The Kier molecular flexibility index (Phi) is 6.20. The smallest absolute Gasteiger partial charge is 0.326 e. The van der Waals surface area contributed by atoms with Gasteiger partial charge in [0.2, 0.25) is 0 Å². The molecule has 0 saturated heterocycles. The van der Waals surface area contributed by atoms with Gasteiger partial charge in [-0.05, 0) is 45.0 Å². The summed E-state index contributed by atoms with van der Waals surface area (Å²) >= 11 is 1.41. The van der Waals surface area contributed by atoms with E-state index < -0.39 is 11.6 Å². The molecule has 0 saturated carbocycles. The van der Waals surface area contributed by atoms with Crippen LogP contribution in [0.5, 0.6) is 0 Å². The average molecular weight is 358 g/mol. The molecule has 1 aromatic heterocycles. The van der Waals surface area contributed by atoms with Gasteiger partial charge in [-0.1, -0.05) is 30.0 Å². The number of aromatic nitrogens is 1. The van der Waals surface area contributed by atoms with Crippen molar-refractivity contribution in [1.29, 1.82) is 0 Å². The van der Waals surface area contributed by atoms with E-state index in [-0.39, 0.29) is 12.5 Å². The van der Waals surface area contributed by atoms with Gasteiger partial charge in [-0.25, -0.2) is 4.98 Å². The minimum absolute atomic E-state index is 0.111. The van der Waals surface area contributed by atoms with Crippen LogP contribution in [0.1, 0.15) is 31.1 Å². The first-order valence-corrected chi connectivity index (χ1v) is 8.73. The maximum Gasteiger partial charge on any atom is 0.326 e. The number of rotatable bonds is 5. The van der Waals surface area contributed by atoms with Crippen LogP contribution in [0.15, 0.2) is 58.6 Å². The van der Waals surface area contributed by atoms with Crippen LogP contribution in [0.25, 0.3) is 0 Å². The normalized spacial score (nSPS) is 11.0. The summed E-state index contributed by atoms with van der Waals surface area (Å²) in [5.41, 5.74) is -0.119. The lowest BCUT2D eigenvalue weighted by molar-refractivity contribution is -0.155. The average Bonchev–Trinajstić information content (AvgIpc) is 2.54. The van der Waals surface area contributed by atoms with Crippen LogP contribution in [0, 0.1) is 0 Å². The van der Waals surface area contributed by atoms with Crippen LogP contribution in [0.2, 0.25) is 0 Å². The van der Waals surface area contributed by atoms with Crippen molar-refractivity contribution < 1.29 is 14.3 Å². The molecule has 1 heterocycles. The second-order valence-electron chi connectivity index (χ2n) is 6.52. The van der Waals surface area contributed by atoms with E-state index in [9.17, 15) is 9.59 Å². The molecule has 132 valence electrons. The van der Waals surface area contributed by atoms with E-state index >= 15 is 0 Å². The molecule has 0 fully saturated rings. The zero-order valence-corrected chi connectivity index (χ0v) is 15.7. The summed E-state index contributed by atoms with van der Waals surface area (Å²) in [7, 11) is 1.58. The van der Waals surface area contributed by atoms with Crippen molar-refractivity contribution >= 4 is 23.6 Å². The molecule has 5 nitrogen and oxygen atoms in total. The zero-order chi connectivity index (χ0) is 18.4. The lowest BCUT2D eigenvalue weighted by Crippen LogP contribution is -2.36. The Hall–Kier alpha value is -2.34. The van der Waals surface area contributed by atoms with E-state index in [0.717, 1.165) is 4.90 Å². The van der Waals surface area contributed by atoms with Gasteiger partial charge in [-0.3, -0.25) is 9.59 Å². The Labute approximate surface area is 152 Å². The molecule has 0 aliphatic heterocycles. The number of carbonyl (C=O) groups excluding carboxylic acids is 2. The first-order chi connectivity index (χ1) is 11.8. The predicted octanol–water partition coefficient (Wildman–Crippen LogP) is 3.65. The molecule has 0 spiro atoms. The number of ether oxygens (including phenoxy) is 1. The maximum atomic E-state index is 12.7. The quantitative estimate of drug-likeness (QED) is 0.764. The lowest BCUT2D eigenvalue weighted by atomic mass is 10.2. The van der Waals surface area contributed by atoms with E-state index in [1.54, 1.807) is 46.1 Å². The number of amides is 1. The summed E-state index contributed by atoms with van der Waals surface area (Å²) in [6.07, 6.45) is 1.65. The monoisotopic (exact) mass is 358 g/mol. The van der Waals surface area contributed by atoms with E-state index in [1.807, 2.05) is 30.3 Å². The van der Waals surface area contributed by atoms with Gasteiger partial charge >= 0.3 is 5.97 Å². The number of likely N-dealkylation sites (N-methyl/N-ethyl adjacent to an activating group) is 1. The van der Waals surface area contributed by atoms with Gasteiger partial charge < -0.3 is 9.64 Å². The summed E-state index contributed by atoms with van der Waals surface area (Å²) in [4.78, 5) is 31.3. The zero-order valence-electron chi connectivity index (χ0n) is 14.9.